The van der Waals surface area contributed by atoms with Crippen LogP contribution in [0.5, 0.6) is 11.5 Å². The maximum Gasteiger partial charge on any atom is 0.160 e. The lowest BCUT2D eigenvalue weighted by Crippen LogP contribution is -2.32. The minimum absolute atomic E-state index is 0.566. The van der Waals surface area contributed by atoms with Crippen molar-refractivity contribution in [2.45, 2.75) is 5.41 Å². The van der Waals surface area contributed by atoms with Gasteiger partial charge < -0.3 is 4.74 Å². The van der Waals surface area contributed by atoms with Gasteiger partial charge >= 0.3 is 0 Å². The molecule has 0 saturated carbocycles. The van der Waals surface area contributed by atoms with Crippen LogP contribution in [0.15, 0.2) is 224 Å². The van der Waals surface area contributed by atoms with Crippen LogP contribution < -0.4 is 4.74 Å². The van der Waals surface area contributed by atoms with E-state index in [0.717, 1.165) is 94.8 Å². The fourth-order valence-corrected chi connectivity index (χ4v) is 10.3. The predicted octanol–water partition coefficient (Wildman–Crippen LogP) is 15.0. The lowest BCUT2D eigenvalue weighted by molar-refractivity contribution is 0.442. The molecule has 2 aromatic heterocycles. The highest BCUT2D eigenvalue weighted by Gasteiger charge is 2.51. The molecular formula is C60H37N3O. The smallest absolute Gasteiger partial charge is 0.160 e. The molecule has 4 nitrogen and oxygen atoms in total. The van der Waals surface area contributed by atoms with E-state index in [1.165, 1.54) is 22.3 Å². The number of hydrogen-bond acceptors (Lipinski definition) is 4. The van der Waals surface area contributed by atoms with Crippen molar-refractivity contribution < 1.29 is 4.74 Å². The normalized spacial score (nSPS) is 12.9. The topological polar surface area (TPSA) is 47.9 Å². The summed E-state index contributed by atoms with van der Waals surface area (Å²) in [5.41, 5.74) is 16.6. The van der Waals surface area contributed by atoms with Gasteiger partial charge in [-0.25, -0.2) is 15.0 Å². The number of hydrogen-bond donors (Lipinski definition) is 0. The van der Waals surface area contributed by atoms with Gasteiger partial charge in [0.1, 0.15) is 11.5 Å². The molecular weight excluding hydrogens is 779 g/mol. The van der Waals surface area contributed by atoms with Crippen molar-refractivity contribution in [3.63, 3.8) is 0 Å². The van der Waals surface area contributed by atoms with Crippen molar-refractivity contribution in [1.82, 2.24) is 15.0 Å². The van der Waals surface area contributed by atoms with Crippen LogP contribution in [0.4, 0.5) is 0 Å². The first-order chi connectivity index (χ1) is 31.7. The number of benzene rings is 9. The van der Waals surface area contributed by atoms with E-state index in [0.29, 0.717) is 5.82 Å². The fourth-order valence-electron chi connectivity index (χ4n) is 10.3. The van der Waals surface area contributed by atoms with Crippen molar-refractivity contribution in [1.29, 1.82) is 0 Å². The van der Waals surface area contributed by atoms with Gasteiger partial charge in [0.25, 0.3) is 0 Å². The Bertz CT molecular complexity index is 3520. The Labute approximate surface area is 370 Å². The van der Waals surface area contributed by atoms with Crippen LogP contribution in [0, 0.1) is 0 Å². The largest absolute Gasteiger partial charge is 0.456 e. The van der Waals surface area contributed by atoms with Crippen molar-refractivity contribution >= 4 is 21.7 Å². The summed E-state index contributed by atoms with van der Waals surface area (Å²) in [7, 11) is 0. The second-order valence-electron chi connectivity index (χ2n) is 16.6. The number of nitrogens with zero attached hydrogens (tertiary/aromatic N) is 3. The highest BCUT2D eigenvalue weighted by Crippen LogP contribution is 2.63. The van der Waals surface area contributed by atoms with Gasteiger partial charge in [0.15, 0.2) is 5.82 Å². The number of pyridine rings is 1. The molecule has 2 aliphatic rings. The molecule has 3 heterocycles. The van der Waals surface area contributed by atoms with Crippen molar-refractivity contribution in [2.24, 2.45) is 0 Å². The molecule has 0 fully saturated rings. The van der Waals surface area contributed by atoms with Gasteiger partial charge in [0.2, 0.25) is 0 Å². The molecule has 1 aliphatic carbocycles. The Morgan fingerprint density at radius 3 is 1.53 bits per heavy atom. The zero-order chi connectivity index (χ0) is 42.2. The molecule has 0 atom stereocenters. The van der Waals surface area contributed by atoms with Gasteiger partial charge in [-0.3, -0.25) is 0 Å². The SMILES string of the molecule is c1ccc(-c2cc(-c3ccc(-c4ccc5c(c4)nc(-c4ccccc4)c4ccc6c(c45)Oc4ccccc4C64c5ccccc5-c5ccccc54)cc3)nc(-c3ccccc3)n2)cc1. The molecule has 13 rings (SSSR count). The molecule has 0 radical (unpaired) electrons. The molecule has 298 valence electrons. The first-order valence-electron chi connectivity index (χ1n) is 21.8. The first-order valence-corrected chi connectivity index (χ1v) is 21.8. The lowest BCUT2D eigenvalue weighted by Gasteiger charge is -2.40. The number of rotatable bonds is 5. The summed E-state index contributed by atoms with van der Waals surface area (Å²) >= 11 is 0. The maximum atomic E-state index is 7.21. The Morgan fingerprint density at radius 1 is 0.344 bits per heavy atom. The Hall–Kier alpha value is -8.47. The van der Waals surface area contributed by atoms with Gasteiger partial charge in [-0.15, -0.1) is 0 Å². The van der Waals surface area contributed by atoms with Gasteiger partial charge in [0, 0.05) is 49.5 Å². The molecule has 1 spiro atoms. The van der Waals surface area contributed by atoms with E-state index in [4.69, 9.17) is 19.7 Å². The van der Waals surface area contributed by atoms with Crippen LogP contribution in [0.2, 0.25) is 0 Å². The number of fused-ring (bicyclic) bond motifs is 13. The molecule has 0 saturated heterocycles. The average molecular weight is 816 g/mol. The van der Waals surface area contributed by atoms with Crippen LogP contribution in [-0.2, 0) is 5.41 Å². The summed E-state index contributed by atoms with van der Waals surface area (Å²) in [5, 5.41) is 3.16. The second-order valence-corrected chi connectivity index (χ2v) is 16.6. The van der Waals surface area contributed by atoms with E-state index in [-0.39, 0.29) is 0 Å². The van der Waals surface area contributed by atoms with Crippen LogP contribution in [0.3, 0.4) is 0 Å². The van der Waals surface area contributed by atoms with E-state index < -0.39 is 5.41 Å². The zero-order valence-electron chi connectivity index (χ0n) is 34.6. The first kappa shape index (κ1) is 36.2. The average Bonchev–Trinajstić information content (AvgIpc) is 3.67. The van der Waals surface area contributed by atoms with Crippen LogP contribution in [-0.4, -0.2) is 15.0 Å². The summed E-state index contributed by atoms with van der Waals surface area (Å²) in [4.78, 5) is 15.6. The quantitative estimate of drug-likeness (QED) is 0.162. The zero-order valence-corrected chi connectivity index (χ0v) is 34.6. The maximum absolute atomic E-state index is 7.21. The summed E-state index contributed by atoms with van der Waals surface area (Å²) < 4.78 is 7.21. The van der Waals surface area contributed by atoms with Gasteiger partial charge in [0.05, 0.1) is 28.0 Å². The molecule has 1 aliphatic heterocycles. The molecule has 64 heavy (non-hydrogen) atoms. The van der Waals surface area contributed by atoms with Crippen LogP contribution in [0.1, 0.15) is 22.3 Å². The summed E-state index contributed by atoms with van der Waals surface area (Å²) in [5.74, 6) is 2.44. The third-order valence-corrected chi connectivity index (χ3v) is 13.2. The van der Waals surface area contributed by atoms with E-state index >= 15 is 0 Å². The standard InChI is InChI=1S/C60H37N3O/c1-4-16-39(17-5-1)52-37-53(63-59(62-52)42-20-8-3-9-21-42)40-30-28-38(29-31-40)43-32-33-46-54(36-43)61-57(41-18-6-2-7-19-41)47-34-35-51-58(56(46)47)64-55-27-15-14-26-50(55)60(51)48-24-12-10-22-44(48)45-23-11-13-25-49(45)60/h1-37H. The Morgan fingerprint density at radius 2 is 0.859 bits per heavy atom. The molecule has 11 aromatic rings. The molecule has 0 N–H and O–H groups in total. The number of para-hydroxylation sites is 1. The van der Waals surface area contributed by atoms with Crippen molar-refractivity contribution in [2.75, 3.05) is 0 Å². The van der Waals surface area contributed by atoms with E-state index in [9.17, 15) is 0 Å². The third-order valence-electron chi connectivity index (χ3n) is 13.2. The fraction of sp³-hybridized carbons (Fsp3) is 0.0167. The summed E-state index contributed by atoms with van der Waals surface area (Å²) in [6.07, 6.45) is 0. The van der Waals surface area contributed by atoms with E-state index in [1.807, 2.05) is 36.4 Å². The van der Waals surface area contributed by atoms with Gasteiger partial charge in [-0.1, -0.05) is 206 Å². The minimum Gasteiger partial charge on any atom is -0.456 e. The summed E-state index contributed by atoms with van der Waals surface area (Å²) in [6, 6.07) is 79.4. The monoisotopic (exact) mass is 815 g/mol. The number of ether oxygens (including phenoxy) is 1. The van der Waals surface area contributed by atoms with E-state index in [2.05, 4.69) is 188 Å². The third kappa shape index (κ3) is 5.46. The number of aromatic nitrogens is 3. The van der Waals surface area contributed by atoms with Crippen molar-refractivity contribution in [3.05, 3.63) is 247 Å². The lowest BCUT2D eigenvalue weighted by atomic mass is 9.65. The van der Waals surface area contributed by atoms with E-state index in [1.54, 1.807) is 0 Å². The second kappa shape index (κ2) is 14.3. The van der Waals surface area contributed by atoms with Crippen LogP contribution >= 0.6 is 0 Å². The Kier molecular flexibility index (Phi) is 8.09. The van der Waals surface area contributed by atoms with Crippen LogP contribution in [0.25, 0.3) is 89.1 Å². The molecule has 0 unspecified atom stereocenters. The van der Waals surface area contributed by atoms with Gasteiger partial charge in [-0.05, 0) is 51.6 Å². The van der Waals surface area contributed by atoms with Crippen molar-refractivity contribution in [3.8, 4) is 78.9 Å². The highest BCUT2D eigenvalue weighted by atomic mass is 16.5. The summed E-state index contributed by atoms with van der Waals surface area (Å²) in [6.45, 7) is 0. The Balaban J connectivity index is 0.995. The van der Waals surface area contributed by atoms with Gasteiger partial charge in [-0.2, -0.15) is 0 Å². The molecule has 4 heteroatoms. The predicted molar refractivity (Wildman–Crippen MR) is 259 cm³/mol. The molecule has 9 aromatic carbocycles. The molecule has 0 bridgehead atoms. The highest BCUT2D eigenvalue weighted by molar-refractivity contribution is 6.15. The minimum atomic E-state index is -0.566. The molecule has 0 amide bonds.